The third-order valence-electron chi connectivity index (χ3n) is 3.36. The number of benzene rings is 1. The zero-order chi connectivity index (χ0) is 15.4. The van der Waals surface area contributed by atoms with Crippen LogP contribution in [0.4, 0.5) is 0 Å². The van der Waals surface area contributed by atoms with E-state index in [1.807, 2.05) is 12.1 Å². The standard InChI is InChI=1S/C14H23NO4S/c1-14(2,20(5,16)17)10-15-9-11-6-7-12(18-3)8-13(11)19-4/h6-8,15H,9-10H2,1-5H3. The first-order valence-corrected chi connectivity index (χ1v) is 8.21. The van der Waals surface area contributed by atoms with Gasteiger partial charge in [0.05, 0.1) is 19.0 Å². The van der Waals surface area contributed by atoms with Gasteiger partial charge < -0.3 is 14.8 Å². The Morgan fingerprint density at radius 3 is 2.35 bits per heavy atom. The lowest BCUT2D eigenvalue weighted by Gasteiger charge is -2.23. The number of ether oxygens (including phenoxy) is 2. The van der Waals surface area contributed by atoms with E-state index in [9.17, 15) is 8.42 Å². The predicted molar refractivity (Wildman–Crippen MR) is 80.2 cm³/mol. The monoisotopic (exact) mass is 301 g/mol. The lowest BCUT2D eigenvalue weighted by atomic mass is 10.1. The molecule has 1 aromatic rings. The molecule has 1 rings (SSSR count). The summed E-state index contributed by atoms with van der Waals surface area (Å²) >= 11 is 0. The van der Waals surface area contributed by atoms with Crippen LogP contribution in [0.3, 0.4) is 0 Å². The zero-order valence-electron chi connectivity index (χ0n) is 12.7. The summed E-state index contributed by atoms with van der Waals surface area (Å²) in [6.07, 6.45) is 1.25. The zero-order valence-corrected chi connectivity index (χ0v) is 13.5. The van der Waals surface area contributed by atoms with E-state index in [0.717, 1.165) is 11.3 Å². The van der Waals surface area contributed by atoms with Crippen LogP contribution < -0.4 is 14.8 Å². The van der Waals surface area contributed by atoms with E-state index in [4.69, 9.17) is 9.47 Å². The van der Waals surface area contributed by atoms with Gasteiger partial charge in [0.15, 0.2) is 9.84 Å². The molecule has 0 heterocycles. The van der Waals surface area contributed by atoms with E-state index in [2.05, 4.69) is 5.32 Å². The summed E-state index contributed by atoms with van der Waals surface area (Å²) in [4.78, 5) is 0. The Morgan fingerprint density at radius 1 is 1.20 bits per heavy atom. The highest BCUT2D eigenvalue weighted by Gasteiger charge is 2.29. The molecule has 114 valence electrons. The minimum Gasteiger partial charge on any atom is -0.497 e. The minimum absolute atomic E-state index is 0.376. The van der Waals surface area contributed by atoms with Crippen LogP contribution in [0, 0.1) is 0 Å². The van der Waals surface area contributed by atoms with Gasteiger partial charge in [-0.25, -0.2) is 8.42 Å². The number of hydrogen-bond donors (Lipinski definition) is 1. The van der Waals surface area contributed by atoms with Gasteiger partial charge in [0.2, 0.25) is 0 Å². The number of hydrogen-bond acceptors (Lipinski definition) is 5. The van der Waals surface area contributed by atoms with Gasteiger partial charge in [0.1, 0.15) is 11.5 Å². The van der Waals surface area contributed by atoms with Crippen LogP contribution >= 0.6 is 0 Å². The van der Waals surface area contributed by atoms with E-state index in [1.165, 1.54) is 6.26 Å². The highest BCUT2D eigenvalue weighted by molar-refractivity contribution is 7.92. The Labute approximate surface area is 121 Å². The average Bonchev–Trinajstić information content (AvgIpc) is 2.37. The molecule has 0 saturated heterocycles. The first-order chi connectivity index (χ1) is 9.21. The van der Waals surface area contributed by atoms with Crippen molar-refractivity contribution >= 4 is 9.84 Å². The first-order valence-electron chi connectivity index (χ1n) is 6.32. The van der Waals surface area contributed by atoms with Crippen LogP contribution in [0.25, 0.3) is 0 Å². The van der Waals surface area contributed by atoms with Crippen molar-refractivity contribution < 1.29 is 17.9 Å². The van der Waals surface area contributed by atoms with Crippen molar-refractivity contribution in [3.63, 3.8) is 0 Å². The SMILES string of the molecule is COc1ccc(CNCC(C)(C)S(C)(=O)=O)c(OC)c1. The Kier molecular flexibility index (Phi) is 5.42. The van der Waals surface area contributed by atoms with Crippen LogP contribution in [0.1, 0.15) is 19.4 Å². The fourth-order valence-electron chi connectivity index (χ4n) is 1.63. The normalized spacial score (nSPS) is 12.2. The van der Waals surface area contributed by atoms with Crippen molar-refractivity contribution in [2.75, 3.05) is 27.0 Å². The largest absolute Gasteiger partial charge is 0.497 e. The Bertz CT molecular complexity index is 552. The summed E-state index contributed by atoms with van der Waals surface area (Å²) in [7, 11) is 0.0976. The highest BCUT2D eigenvalue weighted by Crippen LogP contribution is 2.24. The summed E-state index contributed by atoms with van der Waals surface area (Å²) in [5.74, 6) is 1.44. The fraction of sp³-hybridized carbons (Fsp3) is 0.571. The van der Waals surface area contributed by atoms with Gasteiger partial charge in [-0.05, 0) is 19.9 Å². The molecule has 0 aliphatic rings. The van der Waals surface area contributed by atoms with Crippen LogP contribution in [-0.4, -0.2) is 40.2 Å². The van der Waals surface area contributed by atoms with Crippen molar-refractivity contribution in [2.45, 2.75) is 25.1 Å². The van der Waals surface area contributed by atoms with E-state index < -0.39 is 14.6 Å². The molecule has 0 aliphatic heterocycles. The molecule has 0 aromatic heterocycles. The van der Waals surface area contributed by atoms with Gasteiger partial charge in [0, 0.05) is 31.0 Å². The summed E-state index contributed by atoms with van der Waals surface area (Å²) in [5, 5.41) is 3.16. The number of sulfone groups is 1. The third-order valence-corrected chi connectivity index (χ3v) is 5.52. The second-order valence-corrected chi connectivity index (χ2v) is 7.96. The molecular formula is C14H23NO4S. The molecular weight excluding hydrogens is 278 g/mol. The van der Waals surface area contributed by atoms with Crippen molar-refractivity contribution in [1.82, 2.24) is 5.32 Å². The van der Waals surface area contributed by atoms with Crippen LogP contribution in [-0.2, 0) is 16.4 Å². The molecule has 0 bridgehead atoms. The molecule has 0 unspecified atom stereocenters. The van der Waals surface area contributed by atoms with Gasteiger partial charge in [-0.3, -0.25) is 0 Å². The molecule has 0 aliphatic carbocycles. The first kappa shape index (κ1) is 16.8. The van der Waals surface area contributed by atoms with Crippen LogP contribution in [0.5, 0.6) is 11.5 Å². The predicted octanol–water partition coefficient (Wildman–Crippen LogP) is 1.62. The van der Waals surface area contributed by atoms with Crippen LogP contribution in [0.2, 0.25) is 0 Å². The molecule has 1 aromatic carbocycles. The van der Waals surface area contributed by atoms with Crippen molar-refractivity contribution in [3.8, 4) is 11.5 Å². The summed E-state index contributed by atoms with van der Waals surface area (Å²) in [6, 6.07) is 5.55. The molecule has 0 amide bonds. The molecule has 5 nitrogen and oxygen atoms in total. The lowest BCUT2D eigenvalue weighted by molar-refractivity contribution is 0.389. The molecule has 0 fully saturated rings. The maximum Gasteiger partial charge on any atom is 0.153 e. The van der Waals surface area contributed by atoms with Gasteiger partial charge in [-0.15, -0.1) is 0 Å². The number of nitrogens with one attached hydrogen (secondary N) is 1. The Balaban J connectivity index is 2.72. The second-order valence-electron chi connectivity index (χ2n) is 5.31. The number of methoxy groups -OCH3 is 2. The topological polar surface area (TPSA) is 64.6 Å². The van der Waals surface area contributed by atoms with Crippen molar-refractivity contribution in [3.05, 3.63) is 23.8 Å². The van der Waals surface area contributed by atoms with E-state index in [1.54, 1.807) is 34.1 Å². The molecule has 1 N–H and O–H groups in total. The molecule has 0 radical (unpaired) electrons. The van der Waals surface area contributed by atoms with Gasteiger partial charge in [-0.1, -0.05) is 6.07 Å². The summed E-state index contributed by atoms with van der Waals surface area (Å²) < 4.78 is 32.9. The molecule has 0 saturated carbocycles. The Morgan fingerprint density at radius 2 is 1.85 bits per heavy atom. The van der Waals surface area contributed by atoms with E-state index in [0.29, 0.717) is 18.8 Å². The fourth-order valence-corrected chi connectivity index (χ4v) is 1.99. The van der Waals surface area contributed by atoms with Gasteiger partial charge in [-0.2, -0.15) is 0 Å². The van der Waals surface area contributed by atoms with Gasteiger partial charge >= 0.3 is 0 Å². The third kappa shape index (κ3) is 4.11. The molecule has 6 heteroatoms. The summed E-state index contributed by atoms with van der Waals surface area (Å²) in [6.45, 7) is 4.33. The summed E-state index contributed by atoms with van der Waals surface area (Å²) in [5.41, 5.74) is 0.956. The number of rotatable bonds is 7. The lowest BCUT2D eigenvalue weighted by Crippen LogP contribution is -2.41. The molecule has 0 spiro atoms. The average molecular weight is 301 g/mol. The molecule has 0 atom stereocenters. The minimum atomic E-state index is -3.10. The van der Waals surface area contributed by atoms with E-state index >= 15 is 0 Å². The maximum atomic E-state index is 11.6. The van der Waals surface area contributed by atoms with Gasteiger partial charge in [0.25, 0.3) is 0 Å². The molecule has 20 heavy (non-hydrogen) atoms. The maximum absolute atomic E-state index is 11.6. The van der Waals surface area contributed by atoms with Crippen molar-refractivity contribution in [1.29, 1.82) is 0 Å². The second kappa shape index (κ2) is 6.45. The smallest absolute Gasteiger partial charge is 0.153 e. The Hall–Kier alpha value is -1.27. The highest BCUT2D eigenvalue weighted by atomic mass is 32.2. The van der Waals surface area contributed by atoms with E-state index in [-0.39, 0.29) is 0 Å². The van der Waals surface area contributed by atoms with Crippen molar-refractivity contribution in [2.24, 2.45) is 0 Å². The quantitative estimate of drug-likeness (QED) is 0.829. The van der Waals surface area contributed by atoms with Crippen LogP contribution in [0.15, 0.2) is 18.2 Å².